The molecule has 4 nitrogen and oxygen atoms in total. The number of amides is 1. The van der Waals surface area contributed by atoms with Gasteiger partial charge in [0.15, 0.2) is 0 Å². The first-order chi connectivity index (χ1) is 9.08. The minimum absolute atomic E-state index is 0.0686. The molecule has 3 unspecified atom stereocenters. The van der Waals surface area contributed by atoms with Gasteiger partial charge in [0.1, 0.15) is 10.7 Å². The number of carbonyl (C=O) groups is 1. The van der Waals surface area contributed by atoms with Gasteiger partial charge in [-0.2, -0.15) is 0 Å². The molecule has 1 heterocycles. The molecule has 1 fully saturated rings. The molecule has 0 spiro atoms. The number of aromatic nitrogens is 1. The van der Waals surface area contributed by atoms with Gasteiger partial charge in [-0.25, -0.2) is 4.98 Å². The van der Waals surface area contributed by atoms with E-state index < -0.39 is 0 Å². The van der Waals surface area contributed by atoms with Crippen LogP contribution in [-0.2, 0) is 0 Å². The van der Waals surface area contributed by atoms with Crippen LogP contribution in [0.15, 0.2) is 5.38 Å². The zero-order chi connectivity index (χ0) is 13.8. The van der Waals surface area contributed by atoms with Crippen LogP contribution in [0, 0.1) is 11.8 Å². The Morgan fingerprint density at radius 3 is 2.95 bits per heavy atom. The summed E-state index contributed by atoms with van der Waals surface area (Å²) in [5.74, 6) is 1.26. The number of rotatable bonds is 4. The smallest absolute Gasteiger partial charge is 0.270 e. The molecule has 3 atom stereocenters. The molecule has 1 aromatic rings. The lowest BCUT2D eigenvalue weighted by atomic mass is 9.80. The average Bonchev–Trinajstić information content (AvgIpc) is 2.87. The highest BCUT2D eigenvalue weighted by atomic mass is 32.1. The standard InChI is InChI=1S/C14H23N3OS/c1-9-5-3-4-6-11(9)7-16-13(18)12-8-19-14(17-12)10(2)15/h8-11H,3-7,15H2,1-2H3,(H,16,18). The third-order valence-corrected chi connectivity index (χ3v) is 5.00. The summed E-state index contributed by atoms with van der Waals surface area (Å²) in [6.07, 6.45) is 5.13. The van der Waals surface area contributed by atoms with Crippen LogP contribution < -0.4 is 11.1 Å². The molecule has 1 aliphatic rings. The van der Waals surface area contributed by atoms with Crippen molar-refractivity contribution in [3.05, 3.63) is 16.1 Å². The Labute approximate surface area is 118 Å². The van der Waals surface area contributed by atoms with Crippen LogP contribution in [0.25, 0.3) is 0 Å². The molecule has 2 rings (SSSR count). The number of nitrogens with two attached hydrogens (primary N) is 1. The van der Waals surface area contributed by atoms with E-state index in [2.05, 4.69) is 17.2 Å². The maximum absolute atomic E-state index is 12.0. The van der Waals surface area contributed by atoms with E-state index in [-0.39, 0.29) is 11.9 Å². The fourth-order valence-electron chi connectivity index (χ4n) is 2.61. The summed E-state index contributed by atoms with van der Waals surface area (Å²) in [6.45, 7) is 4.93. The van der Waals surface area contributed by atoms with Gasteiger partial charge in [-0.3, -0.25) is 4.79 Å². The number of thiazole rings is 1. The van der Waals surface area contributed by atoms with E-state index >= 15 is 0 Å². The second-order valence-corrected chi connectivity index (χ2v) is 6.48. The first-order valence-electron chi connectivity index (χ1n) is 7.07. The van der Waals surface area contributed by atoms with Crippen molar-refractivity contribution in [1.82, 2.24) is 10.3 Å². The Morgan fingerprint density at radius 2 is 2.32 bits per heavy atom. The molecule has 1 amide bonds. The Morgan fingerprint density at radius 1 is 1.58 bits per heavy atom. The molecule has 1 aliphatic carbocycles. The lowest BCUT2D eigenvalue weighted by molar-refractivity contribution is 0.0932. The van der Waals surface area contributed by atoms with E-state index in [9.17, 15) is 4.79 Å². The minimum Gasteiger partial charge on any atom is -0.350 e. The number of hydrogen-bond acceptors (Lipinski definition) is 4. The van der Waals surface area contributed by atoms with E-state index in [1.807, 2.05) is 6.92 Å². The largest absolute Gasteiger partial charge is 0.350 e. The van der Waals surface area contributed by atoms with Crippen molar-refractivity contribution < 1.29 is 4.79 Å². The molecule has 19 heavy (non-hydrogen) atoms. The number of nitrogens with one attached hydrogen (secondary N) is 1. The first-order valence-corrected chi connectivity index (χ1v) is 7.95. The lowest BCUT2D eigenvalue weighted by Gasteiger charge is -2.28. The Hall–Kier alpha value is -0.940. The molecule has 3 N–H and O–H groups in total. The number of hydrogen-bond donors (Lipinski definition) is 2. The number of carbonyl (C=O) groups excluding carboxylic acids is 1. The van der Waals surface area contributed by atoms with Crippen molar-refractivity contribution in [2.75, 3.05) is 6.54 Å². The fourth-order valence-corrected chi connectivity index (χ4v) is 3.37. The molecule has 1 aromatic heterocycles. The summed E-state index contributed by atoms with van der Waals surface area (Å²) >= 11 is 1.45. The summed E-state index contributed by atoms with van der Waals surface area (Å²) < 4.78 is 0. The third kappa shape index (κ3) is 3.76. The van der Waals surface area contributed by atoms with Crippen molar-refractivity contribution in [1.29, 1.82) is 0 Å². The highest BCUT2D eigenvalue weighted by molar-refractivity contribution is 7.09. The van der Waals surface area contributed by atoms with Crippen molar-refractivity contribution in [3.8, 4) is 0 Å². The van der Waals surface area contributed by atoms with Gasteiger partial charge in [-0.05, 0) is 25.2 Å². The maximum Gasteiger partial charge on any atom is 0.270 e. The summed E-state index contributed by atoms with van der Waals surface area (Å²) in [4.78, 5) is 16.3. The summed E-state index contributed by atoms with van der Waals surface area (Å²) in [6, 6.07) is -0.107. The minimum atomic E-state index is -0.107. The van der Waals surface area contributed by atoms with E-state index in [4.69, 9.17) is 5.73 Å². The van der Waals surface area contributed by atoms with Gasteiger partial charge in [0, 0.05) is 11.9 Å². The van der Waals surface area contributed by atoms with E-state index in [1.54, 1.807) is 5.38 Å². The SMILES string of the molecule is CC(N)c1nc(C(=O)NCC2CCCCC2C)cs1. The monoisotopic (exact) mass is 281 g/mol. The molecular formula is C14H23N3OS. The van der Waals surface area contributed by atoms with Gasteiger partial charge in [-0.15, -0.1) is 11.3 Å². The molecule has 0 bridgehead atoms. The van der Waals surface area contributed by atoms with Crippen LogP contribution in [0.5, 0.6) is 0 Å². The van der Waals surface area contributed by atoms with Crippen molar-refractivity contribution in [2.45, 2.75) is 45.6 Å². The van der Waals surface area contributed by atoms with Gasteiger partial charge in [-0.1, -0.05) is 26.2 Å². The van der Waals surface area contributed by atoms with E-state index in [0.717, 1.165) is 11.6 Å². The molecule has 1 saturated carbocycles. The predicted molar refractivity (Wildman–Crippen MR) is 78.2 cm³/mol. The number of nitrogens with zero attached hydrogens (tertiary/aromatic N) is 1. The first kappa shape index (κ1) is 14.5. The van der Waals surface area contributed by atoms with E-state index in [0.29, 0.717) is 17.5 Å². The molecule has 0 aliphatic heterocycles. The maximum atomic E-state index is 12.0. The van der Waals surface area contributed by atoms with Crippen LogP contribution in [-0.4, -0.2) is 17.4 Å². The second kappa shape index (κ2) is 6.48. The fraction of sp³-hybridized carbons (Fsp3) is 0.714. The molecule has 106 valence electrons. The molecule has 0 radical (unpaired) electrons. The van der Waals surface area contributed by atoms with Crippen LogP contribution in [0.4, 0.5) is 0 Å². The van der Waals surface area contributed by atoms with Crippen molar-refractivity contribution in [2.24, 2.45) is 17.6 Å². The Balaban J connectivity index is 1.86. The quantitative estimate of drug-likeness (QED) is 0.891. The van der Waals surface area contributed by atoms with Crippen molar-refractivity contribution >= 4 is 17.2 Å². The van der Waals surface area contributed by atoms with Crippen molar-refractivity contribution in [3.63, 3.8) is 0 Å². The Kier molecular flexibility index (Phi) is 4.93. The van der Waals surface area contributed by atoms with E-state index in [1.165, 1.54) is 37.0 Å². The summed E-state index contributed by atoms with van der Waals surface area (Å²) in [7, 11) is 0. The third-order valence-electron chi connectivity index (χ3n) is 3.96. The van der Waals surface area contributed by atoms with Gasteiger partial charge < -0.3 is 11.1 Å². The molecule has 5 heteroatoms. The molecule has 0 saturated heterocycles. The predicted octanol–water partition coefficient (Wildman–Crippen LogP) is 2.72. The molecular weight excluding hydrogens is 258 g/mol. The lowest BCUT2D eigenvalue weighted by Crippen LogP contribution is -2.33. The van der Waals surface area contributed by atoms with Crippen LogP contribution >= 0.6 is 11.3 Å². The topological polar surface area (TPSA) is 68.0 Å². The zero-order valence-electron chi connectivity index (χ0n) is 11.7. The Bertz CT molecular complexity index is 430. The summed E-state index contributed by atoms with van der Waals surface area (Å²) in [5.41, 5.74) is 6.25. The van der Waals surface area contributed by atoms with Crippen LogP contribution in [0.2, 0.25) is 0 Å². The average molecular weight is 281 g/mol. The van der Waals surface area contributed by atoms with Gasteiger partial charge >= 0.3 is 0 Å². The zero-order valence-corrected chi connectivity index (χ0v) is 12.5. The van der Waals surface area contributed by atoms with Gasteiger partial charge in [0.25, 0.3) is 5.91 Å². The molecule has 0 aromatic carbocycles. The highest BCUT2D eigenvalue weighted by Gasteiger charge is 2.22. The highest BCUT2D eigenvalue weighted by Crippen LogP contribution is 2.28. The van der Waals surface area contributed by atoms with Crippen LogP contribution in [0.1, 0.15) is 61.1 Å². The second-order valence-electron chi connectivity index (χ2n) is 5.59. The van der Waals surface area contributed by atoms with Gasteiger partial charge in [0.2, 0.25) is 0 Å². The normalized spacial score (nSPS) is 25.0. The van der Waals surface area contributed by atoms with Gasteiger partial charge in [0.05, 0.1) is 6.04 Å². The summed E-state index contributed by atoms with van der Waals surface area (Å²) in [5, 5.41) is 5.62. The van der Waals surface area contributed by atoms with Crippen LogP contribution in [0.3, 0.4) is 0 Å².